The molecule has 1 fully saturated rings. The third kappa shape index (κ3) is 3.42. The molecule has 0 radical (unpaired) electrons. The average Bonchev–Trinajstić information content (AvgIpc) is 2.39. The van der Waals surface area contributed by atoms with Crippen LogP contribution in [0.4, 0.5) is 0 Å². The monoisotopic (exact) mass is 310 g/mol. The van der Waals surface area contributed by atoms with Gasteiger partial charge in [0.05, 0.1) is 12.6 Å². The Kier molecular flexibility index (Phi) is 4.95. The van der Waals surface area contributed by atoms with Crippen LogP contribution >= 0.6 is 15.9 Å². The molecule has 0 saturated carbocycles. The van der Waals surface area contributed by atoms with E-state index in [0.717, 1.165) is 16.6 Å². The summed E-state index contributed by atoms with van der Waals surface area (Å²) in [7, 11) is 0. The number of Topliss-reactive ketones (excluding diaryl/α,β-unsaturated/α-hetero) is 1. The van der Waals surface area contributed by atoms with Gasteiger partial charge in [-0.25, -0.2) is 0 Å². The predicted molar refractivity (Wildman–Crippen MR) is 77.1 cm³/mol. The molecule has 1 aromatic rings. The quantitative estimate of drug-likeness (QED) is 0.848. The molecule has 2 atom stereocenters. The smallest absolute Gasteiger partial charge is 0.216 e. The summed E-state index contributed by atoms with van der Waals surface area (Å²) in [6.07, 6.45) is 5.05. The first-order valence-corrected chi connectivity index (χ1v) is 7.63. The summed E-state index contributed by atoms with van der Waals surface area (Å²) in [5, 5.41) is 0. The summed E-state index contributed by atoms with van der Waals surface area (Å²) in [5.41, 5.74) is 0.831. The lowest BCUT2D eigenvalue weighted by Crippen LogP contribution is -3.17. The lowest BCUT2D eigenvalue weighted by molar-refractivity contribution is -0.922. The molecule has 0 bridgehead atoms. The van der Waals surface area contributed by atoms with Gasteiger partial charge in [0.25, 0.3) is 0 Å². The summed E-state index contributed by atoms with van der Waals surface area (Å²) >= 11 is 3.42. The summed E-state index contributed by atoms with van der Waals surface area (Å²) < 4.78 is 0.981. The first-order chi connectivity index (χ1) is 8.70. The number of nitrogens with one attached hydrogen (secondary N) is 1. The highest BCUT2D eigenvalue weighted by molar-refractivity contribution is 9.10. The maximum Gasteiger partial charge on any atom is 0.216 e. The standard InChI is InChI=1S/C15H20BrNO/c1-2-14-8-3-4-9-17(14)11-15(18)12-6-5-7-13(16)10-12/h5-7,10,14H,2-4,8-9,11H2,1H3/p+1/t14-/m1/s1. The van der Waals surface area contributed by atoms with Crippen LogP contribution in [0.15, 0.2) is 28.7 Å². The number of hydrogen-bond acceptors (Lipinski definition) is 1. The molecule has 1 N–H and O–H groups in total. The number of rotatable bonds is 4. The van der Waals surface area contributed by atoms with Crippen molar-refractivity contribution in [2.24, 2.45) is 0 Å². The number of benzene rings is 1. The first-order valence-electron chi connectivity index (χ1n) is 6.84. The van der Waals surface area contributed by atoms with Gasteiger partial charge in [0.2, 0.25) is 5.78 Å². The summed E-state index contributed by atoms with van der Waals surface area (Å²) in [5.74, 6) is 0.270. The molecule has 1 aromatic carbocycles. The van der Waals surface area contributed by atoms with Gasteiger partial charge in [0.1, 0.15) is 6.54 Å². The van der Waals surface area contributed by atoms with Gasteiger partial charge < -0.3 is 4.90 Å². The van der Waals surface area contributed by atoms with Gasteiger partial charge in [-0.2, -0.15) is 0 Å². The minimum Gasteiger partial charge on any atom is -0.326 e. The number of halogens is 1. The van der Waals surface area contributed by atoms with Crippen LogP contribution in [-0.4, -0.2) is 24.9 Å². The van der Waals surface area contributed by atoms with E-state index in [1.807, 2.05) is 24.3 Å². The van der Waals surface area contributed by atoms with E-state index in [-0.39, 0.29) is 5.78 Å². The van der Waals surface area contributed by atoms with Crippen LogP contribution in [0.2, 0.25) is 0 Å². The van der Waals surface area contributed by atoms with E-state index in [1.54, 1.807) is 0 Å². The van der Waals surface area contributed by atoms with Gasteiger partial charge >= 0.3 is 0 Å². The molecule has 2 rings (SSSR count). The molecule has 1 saturated heterocycles. The van der Waals surface area contributed by atoms with Crippen molar-refractivity contribution in [1.82, 2.24) is 0 Å². The Labute approximate surface area is 117 Å². The SMILES string of the molecule is CC[C@@H]1CCCC[NH+]1CC(=O)c1cccc(Br)c1. The Bertz CT molecular complexity index is 419. The summed E-state index contributed by atoms with van der Waals surface area (Å²) in [6.45, 7) is 4.03. The second kappa shape index (κ2) is 6.48. The van der Waals surface area contributed by atoms with Gasteiger partial charge in [-0.1, -0.05) is 35.0 Å². The van der Waals surface area contributed by atoms with Crippen molar-refractivity contribution in [3.63, 3.8) is 0 Å². The Hall–Kier alpha value is -0.670. The van der Waals surface area contributed by atoms with Gasteiger partial charge in [-0.3, -0.25) is 4.79 Å². The normalized spacial score (nSPS) is 23.9. The number of carbonyl (C=O) groups is 1. The molecule has 1 aliphatic rings. The van der Waals surface area contributed by atoms with E-state index >= 15 is 0 Å². The van der Waals surface area contributed by atoms with E-state index in [1.165, 1.54) is 30.6 Å². The van der Waals surface area contributed by atoms with Crippen molar-refractivity contribution in [1.29, 1.82) is 0 Å². The molecular formula is C15H21BrNO+. The van der Waals surface area contributed by atoms with Crippen molar-refractivity contribution < 1.29 is 9.69 Å². The molecule has 1 heterocycles. The van der Waals surface area contributed by atoms with Gasteiger partial charge in [-0.05, 0) is 37.8 Å². The highest BCUT2D eigenvalue weighted by atomic mass is 79.9. The fourth-order valence-electron chi connectivity index (χ4n) is 2.85. The van der Waals surface area contributed by atoms with E-state index < -0.39 is 0 Å². The van der Waals surface area contributed by atoms with E-state index in [0.29, 0.717) is 12.6 Å². The van der Waals surface area contributed by atoms with Crippen molar-refractivity contribution >= 4 is 21.7 Å². The molecule has 0 aromatic heterocycles. The number of carbonyl (C=O) groups excluding carboxylic acids is 1. The maximum atomic E-state index is 12.3. The van der Waals surface area contributed by atoms with Crippen molar-refractivity contribution in [3.8, 4) is 0 Å². The number of likely N-dealkylation sites (tertiary alicyclic amines) is 1. The van der Waals surface area contributed by atoms with Crippen LogP contribution in [0.3, 0.4) is 0 Å². The van der Waals surface area contributed by atoms with Crippen molar-refractivity contribution in [3.05, 3.63) is 34.3 Å². The highest BCUT2D eigenvalue weighted by Crippen LogP contribution is 2.12. The molecule has 2 nitrogen and oxygen atoms in total. The number of quaternary nitrogens is 1. The average molecular weight is 311 g/mol. The number of piperidine rings is 1. The minimum atomic E-state index is 0.270. The molecule has 18 heavy (non-hydrogen) atoms. The second-order valence-corrected chi connectivity index (χ2v) is 6.04. The second-order valence-electron chi connectivity index (χ2n) is 5.12. The first kappa shape index (κ1) is 13.8. The van der Waals surface area contributed by atoms with Gasteiger partial charge in [0, 0.05) is 10.0 Å². The largest absolute Gasteiger partial charge is 0.326 e. The molecule has 1 unspecified atom stereocenters. The maximum absolute atomic E-state index is 12.3. The highest BCUT2D eigenvalue weighted by Gasteiger charge is 2.26. The zero-order valence-electron chi connectivity index (χ0n) is 10.9. The topological polar surface area (TPSA) is 21.5 Å². The molecule has 1 aliphatic heterocycles. The van der Waals surface area contributed by atoms with Crippen LogP contribution in [0.5, 0.6) is 0 Å². The number of ketones is 1. The van der Waals surface area contributed by atoms with Gasteiger partial charge in [-0.15, -0.1) is 0 Å². The summed E-state index contributed by atoms with van der Waals surface area (Å²) in [4.78, 5) is 13.8. The Balaban J connectivity index is 2.02. The molecular weight excluding hydrogens is 290 g/mol. The number of hydrogen-bond donors (Lipinski definition) is 1. The molecule has 0 aliphatic carbocycles. The van der Waals surface area contributed by atoms with Crippen molar-refractivity contribution in [2.75, 3.05) is 13.1 Å². The Morgan fingerprint density at radius 3 is 3.00 bits per heavy atom. The molecule has 98 valence electrons. The van der Waals surface area contributed by atoms with Crippen LogP contribution in [-0.2, 0) is 0 Å². The Morgan fingerprint density at radius 1 is 1.44 bits per heavy atom. The van der Waals surface area contributed by atoms with Crippen LogP contribution in [0, 0.1) is 0 Å². The van der Waals surface area contributed by atoms with E-state index in [2.05, 4.69) is 22.9 Å². The van der Waals surface area contributed by atoms with Gasteiger partial charge in [0.15, 0.2) is 0 Å². The fourth-order valence-corrected chi connectivity index (χ4v) is 3.25. The third-order valence-electron chi connectivity index (χ3n) is 3.90. The third-order valence-corrected chi connectivity index (χ3v) is 4.40. The van der Waals surface area contributed by atoms with Crippen LogP contribution < -0.4 is 4.90 Å². The van der Waals surface area contributed by atoms with Crippen molar-refractivity contribution in [2.45, 2.75) is 38.6 Å². The van der Waals surface area contributed by atoms with E-state index in [9.17, 15) is 4.79 Å². The van der Waals surface area contributed by atoms with Crippen LogP contribution in [0.1, 0.15) is 43.0 Å². The predicted octanol–water partition coefficient (Wildman–Crippen LogP) is 2.48. The molecule has 3 heteroatoms. The zero-order valence-corrected chi connectivity index (χ0v) is 12.5. The van der Waals surface area contributed by atoms with Crippen LogP contribution in [0.25, 0.3) is 0 Å². The lowest BCUT2D eigenvalue weighted by atomic mass is 9.99. The van der Waals surface area contributed by atoms with E-state index in [4.69, 9.17) is 0 Å². The fraction of sp³-hybridized carbons (Fsp3) is 0.533. The Morgan fingerprint density at radius 2 is 2.28 bits per heavy atom. The zero-order chi connectivity index (χ0) is 13.0. The lowest BCUT2D eigenvalue weighted by Gasteiger charge is -2.31. The molecule has 0 amide bonds. The minimum absolute atomic E-state index is 0.270. The molecule has 0 spiro atoms. The summed E-state index contributed by atoms with van der Waals surface area (Å²) in [6, 6.07) is 8.40.